The minimum atomic E-state index is -3.44. The van der Waals surface area contributed by atoms with Crippen LogP contribution in [0.15, 0.2) is 29.2 Å². The molecule has 5 nitrogen and oxygen atoms in total. The topological polar surface area (TPSA) is 72.6 Å². The van der Waals surface area contributed by atoms with Gasteiger partial charge in [-0.05, 0) is 24.1 Å². The van der Waals surface area contributed by atoms with Crippen molar-refractivity contribution in [2.24, 2.45) is 5.73 Å². The van der Waals surface area contributed by atoms with Gasteiger partial charge in [-0.3, -0.25) is 0 Å². The first-order valence-electron chi connectivity index (χ1n) is 6.48. The second-order valence-corrected chi connectivity index (χ2v) is 6.55. The van der Waals surface area contributed by atoms with Gasteiger partial charge in [-0.25, -0.2) is 8.42 Å². The lowest BCUT2D eigenvalue weighted by Gasteiger charge is -2.31. The summed E-state index contributed by atoms with van der Waals surface area (Å²) in [5.41, 5.74) is 6.38. The van der Waals surface area contributed by atoms with Crippen molar-refractivity contribution < 1.29 is 13.2 Å². The lowest BCUT2D eigenvalue weighted by molar-refractivity contribution is -0.00277. The van der Waals surface area contributed by atoms with Gasteiger partial charge in [0, 0.05) is 19.6 Å². The molecule has 19 heavy (non-hydrogen) atoms. The number of morpholine rings is 1. The zero-order valence-corrected chi connectivity index (χ0v) is 11.9. The van der Waals surface area contributed by atoms with Crippen molar-refractivity contribution in [2.75, 3.05) is 19.7 Å². The van der Waals surface area contributed by atoms with Crippen molar-refractivity contribution >= 4 is 10.0 Å². The summed E-state index contributed by atoms with van der Waals surface area (Å²) in [5, 5.41) is 0. The molecule has 6 heteroatoms. The van der Waals surface area contributed by atoms with Crippen molar-refractivity contribution in [1.29, 1.82) is 0 Å². The summed E-state index contributed by atoms with van der Waals surface area (Å²) < 4.78 is 32.1. The lowest BCUT2D eigenvalue weighted by atomic mass is 10.2. The predicted molar refractivity (Wildman–Crippen MR) is 73.1 cm³/mol. The highest BCUT2D eigenvalue weighted by Gasteiger charge is 2.30. The molecule has 0 radical (unpaired) electrons. The van der Waals surface area contributed by atoms with Crippen molar-refractivity contribution in [2.45, 2.75) is 30.9 Å². The molecule has 1 aromatic rings. The standard InChI is InChI=1S/C13H20N2O3S/c1-2-12-10-15(6-7-18-12)19(16,17)13-5-3-4-11(8-13)9-14/h3-5,8,12H,2,6-7,9-10,14H2,1H3. The number of sulfonamides is 1. The normalized spacial score (nSPS) is 21.5. The third-order valence-electron chi connectivity index (χ3n) is 3.33. The molecule has 1 aliphatic heterocycles. The second kappa shape index (κ2) is 6.00. The number of hydrogen-bond donors (Lipinski definition) is 1. The van der Waals surface area contributed by atoms with E-state index in [1.165, 1.54) is 4.31 Å². The van der Waals surface area contributed by atoms with Crippen LogP contribution < -0.4 is 5.73 Å². The van der Waals surface area contributed by atoms with Gasteiger partial charge in [-0.15, -0.1) is 0 Å². The fraction of sp³-hybridized carbons (Fsp3) is 0.538. The molecule has 1 heterocycles. The fourth-order valence-corrected chi connectivity index (χ4v) is 3.67. The Morgan fingerprint density at radius 1 is 1.47 bits per heavy atom. The van der Waals surface area contributed by atoms with Gasteiger partial charge in [0.05, 0.1) is 17.6 Å². The van der Waals surface area contributed by atoms with Gasteiger partial charge in [0.25, 0.3) is 0 Å². The van der Waals surface area contributed by atoms with Crippen LogP contribution in [0.3, 0.4) is 0 Å². The first-order chi connectivity index (χ1) is 9.07. The Bertz CT molecular complexity index is 530. The van der Waals surface area contributed by atoms with Crippen LogP contribution in [0.2, 0.25) is 0 Å². The number of benzene rings is 1. The van der Waals surface area contributed by atoms with E-state index in [4.69, 9.17) is 10.5 Å². The summed E-state index contributed by atoms with van der Waals surface area (Å²) in [4.78, 5) is 0.312. The molecule has 0 amide bonds. The van der Waals surface area contributed by atoms with Crippen LogP contribution in [-0.4, -0.2) is 38.5 Å². The monoisotopic (exact) mass is 284 g/mol. The average Bonchev–Trinajstić information content (AvgIpc) is 2.47. The molecule has 0 bridgehead atoms. The van der Waals surface area contributed by atoms with Crippen LogP contribution in [0.1, 0.15) is 18.9 Å². The average molecular weight is 284 g/mol. The van der Waals surface area contributed by atoms with Gasteiger partial charge in [-0.1, -0.05) is 19.1 Å². The Balaban J connectivity index is 2.25. The molecule has 1 saturated heterocycles. The third-order valence-corrected chi connectivity index (χ3v) is 5.19. The van der Waals surface area contributed by atoms with E-state index >= 15 is 0 Å². The summed E-state index contributed by atoms with van der Waals surface area (Å²) >= 11 is 0. The van der Waals surface area contributed by atoms with Gasteiger partial charge < -0.3 is 10.5 Å². The number of hydrogen-bond acceptors (Lipinski definition) is 4. The van der Waals surface area contributed by atoms with E-state index < -0.39 is 10.0 Å². The molecule has 0 spiro atoms. The Labute approximate surface area is 114 Å². The van der Waals surface area contributed by atoms with E-state index in [-0.39, 0.29) is 6.10 Å². The minimum absolute atomic E-state index is 0.0128. The Kier molecular flexibility index (Phi) is 4.57. The summed E-state index contributed by atoms with van der Waals surface area (Å²) in [6.45, 7) is 3.62. The summed E-state index contributed by atoms with van der Waals surface area (Å²) in [5.74, 6) is 0. The molecule has 1 atom stereocenters. The molecule has 1 fully saturated rings. The van der Waals surface area contributed by atoms with Crippen LogP contribution in [0.5, 0.6) is 0 Å². The molecular formula is C13H20N2O3S. The van der Waals surface area contributed by atoms with Crippen molar-refractivity contribution in [1.82, 2.24) is 4.31 Å². The first kappa shape index (κ1) is 14.5. The summed E-state index contributed by atoms with van der Waals surface area (Å²) in [6, 6.07) is 6.82. The molecule has 1 aromatic carbocycles. The Morgan fingerprint density at radius 2 is 2.26 bits per heavy atom. The highest BCUT2D eigenvalue weighted by atomic mass is 32.2. The van der Waals surface area contributed by atoms with Crippen LogP contribution in [0.4, 0.5) is 0 Å². The second-order valence-electron chi connectivity index (χ2n) is 4.62. The maximum Gasteiger partial charge on any atom is 0.243 e. The van der Waals surface area contributed by atoms with Gasteiger partial charge in [0.15, 0.2) is 0 Å². The highest BCUT2D eigenvalue weighted by molar-refractivity contribution is 7.89. The van der Waals surface area contributed by atoms with Crippen molar-refractivity contribution in [3.8, 4) is 0 Å². The number of rotatable bonds is 4. The van der Waals surface area contributed by atoms with Gasteiger partial charge in [0.2, 0.25) is 10.0 Å². The van der Waals surface area contributed by atoms with Crippen LogP contribution in [0, 0.1) is 0 Å². The van der Waals surface area contributed by atoms with Crippen molar-refractivity contribution in [3.63, 3.8) is 0 Å². The summed E-state index contributed by atoms with van der Waals surface area (Å²) in [7, 11) is -3.44. The van der Waals surface area contributed by atoms with E-state index in [9.17, 15) is 8.42 Å². The maximum atomic E-state index is 12.5. The lowest BCUT2D eigenvalue weighted by Crippen LogP contribution is -2.45. The van der Waals surface area contributed by atoms with Crippen LogP contribution in [0.25, 0.3) is 0 Å². The molecule has 0 aromatic heterocycles. The Morgan fingerprint density at radius 3 is 2.95 bits per heavy atom. The fourth-order valence-electron chi connectivity index (χ4n) is 2.14. The smallest absolute Gasteiger partial charge is 0.243 e. The quantitative estimate of drug-likeness (QED) is 0.893. The van der Waals surface area contributed by atoms with E-state index in [1.54, 1.807) is 18.2 Å². The van der Waals surface area contributed by atoms with E-state index in [1.807, 2.05) is 13.0 Å². The van der Waals surface area contributed by atoms with E-state index in [0.717, 1.165) is 12.0 Å². The van der Waals surface area contributed by atoms with E-state index in [0.29, 0.717) is 31.1 Å². The molecule has 1 aliphatic rings. The highest BCUT2D eigenvalue weighted by Crippen LogP contribution is 2.20. The zero-order chi connectivity index (χ0) is 13.9. The predicted octanol–water partition coefficient (Wildman–Crippen LogP) is 0.945. The SMILES string of the molecule is CCC1CN(S(=O)(=O)c2cccc(CN)c2)CCO1. The first-order valence-corrected chi connectivity index (χ1v) is 7.92. The van der Waals surface area contributed by atoms with Crippen LogP contribution >= 0.6 is 0 Å². The van der Waals surface area contributed by atoms with Crippen molar-refractivity contribution in [3.05, 3.63) is 29.8 Å². The third kappa shape index (κ3) is 3.14. The molecule has 0 aliphatic carbocycles. The Hall–Kier alpha value is -0.950. The summed E-state index contributed by atoms with van der Waals surface area (Å²) in [6.07, 6.45) is 0.802. The molecule has 2 rings (SSSR count). The maximum absolute atomic E-state index is 12.5. The molecule has 106 valence electrons. The zero-order valence-electron chi connectivity index (χ0n) is 11.1. The minimum Gasteiger partial charge on any atom is -0.375 e. The van der Waals surface area contributed by atoms with Gasteiger partial charge >= 0.3 is 0 Å². The number of ether oxygens (including phenoxy) is 1. The molecule has 1 unspecified atom stereocenters. The largest absolute Gasteiger partial charge is 0.375 e. The molecule has 2 N–H and O–H groups in total. The molecule has 0 saturated carbocycles. The van der Waals surface area contributed by atoms with Crippen LogP contribution in [-0.2, 0) is 21.3 Å². The van der Waals surface area contributed by atoms with Gasteiger partial charge in [0.1, 0.15) is 0 Å². The number of nitrogens with two attached hydrogens (primary N) is 1. The number of nitrogens with zero attached hydrogens (tertiary/aromatic N) is 1. The van der Waals surface area contributed by atoms with Gasteiger partial charge in [-0.2, -0.15) is 4.31 Å². The molecular weight excluding hydrogens is 264 g/mol. The van der Waals surface area contributed by atoms with E-state index in [2.05, 4.69) is 0 Å².